The summed E-state index contributed by atoms with van der Waals surface area (Å²) in [6.45, 7) is 6.25. The normalized spacial score (nSPS) is 12.3. The van der Waals surface area contributed by atoms with E-state index in [4.69, 9.17) is 16.0 Å². The summed E-state index contributed by atoms with van der Waals surface area (Å²) in [5.74, 6) is 1.52. The maximum atomic E-state index is 12.4. The van der Waals surface area contributed by atoms with E-state index in [2.05, 4.69) is 25.2 Å². The second-order valence-corrected chi connectivity index (χ2v) is 7.29. The highest BCUT2D eigenvalue weighted by Gasteiger charge is 2.10. The first kappa shape index (κ1) is 20.0. The van der Waals surface area contributed by atoms with Crippen molar-refractivity contribution in [1.82, 2.24) is 0 Å². The molecule has 144 valence electrons. The lowest BCUT2D eigenvalue weighted by Gasteiger charge is -2.14. The fourth-order valence-corrected chi connectivity index (χ4v) is 3.12. The highest BCUT2D eigenvalue weighted by atomic mass is 35.5. The van der Waals surface area contributed by atoms with Crippen LogP contribution in [0.5, 0.6) is 0 Å². The molecule has 0 saturated heterocycles. The van der Waals surface area contributed by atoms with Gasteiger partial charge in [-0.3, -0.25) is 4.79 Å². The molecule has 0 fully saturated rings. The molecule has 2 aromatic carbocycles. The van der Waals surface area contributed by atoms with Crippen molar-refractivity contribution in [2.24, 2.45) is 0 Å². The summed E-state index contributed by atoms with van der Waals surface area (Å²) in [4.78, 5) is 12.4. The van der Waals surface area contributed by atoms with Gasteiger partial charge in [0.1, 0.15) is 11.5 Å². The maximum Gasteiger partial charge on any atom is 0.248 e. The lowest BCUT2D eigenvalue weighted by molar-refractivity contribution is -0.111. The smallest absolute Gasteiger partial charge is 0.248 e. The Morgan fingerprint density at radius 3 is 2.71 bits per heavy atom. The molecule has 1 N–H and O–H groups in total. The summed E-state index contributed by atoms with van der Waals surface area (Å²) in [5, 5.41) is 3.66. The van der Waals surface area contributed by atoms with Gasteiger partial charge in [-0.25, -0.2) is 0 Å². The quantitative estimate of drug-likeness (QED) is 0.455. The Hall–Kier alpha value is -2.78. The first-order valence-electron chi connectivity index (χ1n) is 9.42. The Morgan fingerprint density at radius 1 is 1.18 bits per heavy atom. The van der Waals surface area contributed by atoms with Crippen molar-refractivity contribution in [2.75, 3.05) is 5.32 Å². The van der Waals surface area contributed by atoms with Gasteiger partial charge < -0.3 is 9.73 Å². The van der Waals surface area contributed by atoms with Crippen molar-refractivity contribution in [3.63, 3.8) is 0 Å². The van der Waals surface area contributed by atoms with Gasteiger partial charge >= 0.3 is 0 Å². The fraction of sp³-hybridized carbons (Fsp3) is 0.208. The monoisotopic (exact) mass is 393 g/mol. The lowest BCUT2D eigenvalue weighted by atomic mass is 9.97. The minimum absolute atomic E-state index is 0.188. The van der Waals surface area contributed by atoms with E-state index in [0.717, 1.165) is 28.8 Å². The van der Waals surface area contributed by atoms with Gasteiger partial charge in [-0.1, -0.05) is 55.8 Å². The second-order valence-electron chi connectivity index (χ2n) is 6.89. The van der Waals surface area contributed by atoms with Crippen LogP contribution in [0.1, 0.15) is 43.1 Å². The molecule has 3 nitrogen and oxygen atoms in total. The van der Waals surface area contributed by atoms with E-state index in [1.807, 2.05) is 55.5 Å². The predicted molar refractivity (Wildman–Crippen MR) is 117 cm³/mol. The van der Waals surface area contributed by atoms with Gasteiger partial charge in [0.05, 0.1) is 0 Å². The molecule has 0 unspecified atom stereocenters. The van der Waals surface area contributed by atoms with Gasteiger partial charge in [-0.2, -0.15) is 0 Å². The van der Waals surface area contributed by atoms with Crippen molar-refractivity contribution in [2.45, 2.75) is 33.1 Å². The van der Waals surface area contributed by atoms with E-state index < -0.39 is 0 Å². The lowest BCUT2D eigenvalue weighted by Crippen LogP contribution is -2.10. The van der Waals surface area contributed by atoms with Gasteiger partial charge in [-0.05, 0) is 60.7 Å². The van der Waals surface area contributed by atoms with Crippen LogP contribution in [-0.4, -0.2) is 5.91 Å². The van der Waals surface area contributed by atoms with E-state index in [-0.39, 0.29) is 5.91 Å². The molecule has 0 aliphatic heterocycles. The number of halogens is 1. The second kappa shape index (κ2) is 8.94. The molecular formula is C24H24ClNO2. The zero-order valence-electron chi connectivity index (χ0n) is 16.3. The van der Waals surface area contributed by atoms with Gasteiger partial charge in [-0.15, -0.1) is 0 Å². The molecule has 0 bridgehead atoms. The first-order valence-corrected chi connectivity index (χ1v) is 9.80. The summed E-state index contributed by atoms with van der Waals surface area (Å²) < 4.78 is 5.82. The standard InChI is InChI=1S/C24H24ClNO2/c1-4-16(2)20-7-5-6-8-22(20)26-24(27)14-12-19-11-13-23(28-19)18-10-9-17(3)21(25)15-18/h5-16H,4H2,1-3H3,(H,26,27)/b14-12+/t16-/m1/s1. The van der Waals surface area contributed by atoms with Crippen molar-refractivity contribution in [3.8, 4) is 11.3 Å². The third-order valence-corrected chi connectivity index (χ3v) is 5.25. The van der Waals surface area contributed by atoms with Crippen LogP contribution < -0.4 is 5.32 Å². The zero-order valence-corrected chi connectivity index (χ0v) is 17.1. The molecular weight excluding hydrogens is 370 g/mol. The van der Waals surface area contributed by atoms with Crippen LogP contribution in [0.4, 0.5) is 5.69 Å². The number of benzene rings is 2. The van der Waals surface area contributed by atoms with E-state index in [9.17, 15) is 4.79 Å². The molecule has 0 saturated carbocycles. The van der Waals surface area contributed by atoms with Crippen LogP contribution in [-0.2, 0) is 4.79 Å². The van der Waals surface area contributed by atoms with E-state index in [0.29, 0.717) is 22.5 Å². The molecule has 1 amide bonds. The minimum Gasteiger partial charge on any atom is -0.457 e. The van der Waals surface area contributed by atoms with Crippen LogP contribution in [0.3, 0.4) is 0 Å². The van der Waals surface area contributed by atoms with Gasteiger partial charge in [0.25, 0.3) is 0 Å². The maximum absolute atomic E-state index is 12.4. The fourth-order valence-electron chi connectivity index (χ4n) is 2.94. The van der Waals surface area contributed by atoms with Crippen molar-refractivity contribution < 1.29 is 9.21 Å². The predicted octanol–water partition coefficient (Wildman–Crippen LogP) is 7.07. The molecule has 3 aromatic rings. The van der Waals surface area contributed by atoms with Crippen molar-refractivity contribution in [1.29, 1.82) is 0 Å². The van der Waals surface area contributed by atoms with Crippen molar-refractivity contribution >= 4 is 29.3 Å². The van der Waals surface area contributed by atoms with Gasteiger partial charge in [0, 0.05) is 22.3 Å². The number of hydrogen-bond acceptors (Lipinski definition) is 2. The molecule has 0 radical (unpaired) electrons. The number of anilines is 1. The Bertz CT molecular complexity index is 1000. The largest absolute Gasteiger partial charge is 0.457 e. The van der Waals surface area contributed by atoms with Crippen LogP contribution in [0, 0.1) is 6.92 Å². The van der Waals surface area contributed by atoms with Crippen LogP contribution in [0.2, 0.25) is 5.02 Å². The topological polar surface area (TPSA) is 42.2 Å². The summed E-state index contributed by atoms with van der Waals surface area (Å²) in [6, 6.07) is 17.4. The average molecular weight is 394 g/mol. The highest BCUT2D eigenvalue weighted by molar-refractivity contribution is 6.31. The molecule has 3 rings (SSSR count). The Kier molecular flexibility index (Phi) is 6.37. The number of para-hydroxylation sites is 1. The van der Waals surface area contributed by atoms with Crippen LogP contribution in [0.25, 0.3) is 17.4 Å². The molecule has 1 aromatic heterocycles. The van der Waals surface area contributed by atoms with Crippen LogP contribution in [0.15, 0.2) is 65.1 Å². The van der Waals surface area contributed by atoms with Gasteiger partial charge in [0.15, 0.2) is 0 Å². The Morgan fingerprint density at radius 2 is 1.96 bits per heavy atom. The molecule has 1 atom stereocenters. The van der Waals surface area contributed by atoms with E-state index >= 15 is 0 Å². The number of nitrogens with one attached hydrogen (secondary N) is 1. The number of carbonyl (C=O) groups excluding carboxylic acids is 1. The molecule has 0 aliphatic carbocycles. The molecule has 0 spiro atoms. The first-order chi connectivity index (χ1) is 13.5. The third kappa shape index (κ3) is 4.73. The summed E-state index contributed by atoms with van der Waals surface area (Å²) in [7, 11) is 0. The summed E-state index contributed by atoms with van der Waals surface area (Å²) >= 11 is 6.19. The SMILES string of the molecule is CC[C@@H](C)c1ccccc1NC(=O)/C=C/c1ccc(-c2ccc(C)c(Cl)c2)o1. The molecule has 28 heavy (non-hydrogen) atoms. The number of amides is 1. The molecule has 0 aliphatic rings. The third-order valence-electron chi connectivity index (χ3n) is 4.84. The Balaban J connectivity index is 1.70. The number of carbonyl (C=O) groups is 1. The van der Waals surface area contributed by atoms with Crippen LogP contribution >= 0.6 is 11.6 Å². The zero-order chi connectivity index (χ0) is 20.1. The number of aryl methyl sites for hydroxylation is 1. The number of hydrogen-bond donors (Lipinski definition) is 1. The molecule has 1 heterocycles. The Labute approximate surface area is 171 Å². The highest BCUT2D eigenvalue weighted by Crippen LogP contribution is 2.28. The minimum atomic E-state index is -0.188. The summed E-state index contributed by atoms with van der Waals surface area (Å²) in [6.07, 6.45) is 4.17. The van der Waals surface area contributed by atoms with E-state index in [1.165, 1.54) is 6.08 Å². The average Bonchev–Trinajstić information content (AvgIpc) is 3.17. The molecule has 4 heteroatoms. The number of rotatable bonds is 6. The van der Waals surface area contributed by atoms with Crippen molar-refractivity contribution in [3.05, 3.63) is 82.6 Å². The van der Waals surface area contributed by atoms with E-state index in [1.54, 1.807) is 6.08 Å². The number of furan rings is 1. The summed E-state index contributed by atoms with van der Waals surface area (Å²) in [5.41, 5.74) is 3.91. The van der Waals surface area contributed by atoms with Gasteiger partial charge in [0.2, 0.25) is 5.91 Å².